The molecule has 1 aromatic carbocycles. The summed E-state index contributed by atoms with van der Waals surface area (Å²) < 4.78 is 39.1. The summed E-state index contributed by atoms with van der Waals surface area (Å²) in [6.07, 6.45) is -1.25. The van der Waals surface area contributed by atoms with E-state index in [4.69, 9.17) is 23.2 Å². The molecule has 8 nitrogen and oxygen atoms in total. The summed E-state index contributed by atoms with van der Waals surface area (Å²) in [5.74, 6) is -0.434. The van der Waals surface area contributed by atoms with Gasteiger partial charge < -0.3 is 16.0 Å². The van der Waals surface area contributed by atoms with E-state index in [0.717, 1.165) is 42.2 Å². The number of nitrogens with zero attached hydrogens (tertiary/aromatic N) is 3. The number of alkyl halides is 3. The molecule has 192 valence electrons. The maximum absolute atomic E-state index is 13.0. The number of amides is 2. The average Bonchev–Trinajstić information content (AvgIpc) is 3.31. The summed E-state index contributed by atoms with van der Waals surface area (Å²) in [6, 6.07) is 3.07. The molecule has 3 aromatic rings. The van der Waals surface area contributed by atoms with Gasteiger partial charge in [0, 0.05) is 11.4 Å². The van der Waals surface area contributed by atoms with E-state index in [-0.39, 0.29) is 27.8 Å². The van der Waals surface area contributed by atoms with Gasteiger partial charge in [-0.05, 0) is 38.2 Å². The fourth-order valence-electron chi connectivity index (χ4n) is 2.78. The van der Waals surface area contributed by atoms with Gasteiger partial charge in [0.05, 0.1) is 23.3 Å². The van der Waals surface area contributed by atoms with Crippen molar-refractivity contribution in [3.8, 4) is 0 Å². The topological polar surface area (TPSA) is 109 Å². The van der Waals surface area contributed by atoms with E-state index in [1.807, 2.05) is 7.05 Å². The lowest BCUT2D eigenvalue weighted by atomic mass is 10.2. The number of aromatic nitrogens is 3. The Morgan fingerprint density at radius 3 is 2.64 bits per heavy atom. The van der Waals surface area contributed by atoms with E-state index < -0.39 is 28.6 Å². The first-order valence-electron chi connectivity index (χ1n) is 10.3. The third kappa shape index (κ3) is 7.53. The molecule has 0 aliphatic carbocycles. The molecule has 2 amide bonds. The molecule has 0 fully saturated rings. The normalized spacial score (nSPS) is 11.4. The van der Waals surface area contributed by atoms with Crippen molar-refractivity contribution < 1.29 is 22.8 Å². The number of thioether (sulfide) groups is 1. The molecule has 0 spiro atoms. The third-order valence-corrected chi connectivity index (χ3v) is 7.36. The second kappa shape index (κ2) is 12.7. The van der Waals surface area contributed by atoms with Crippen LogP contribution in [0.15, 0.2) is 35.7 Å². The van der Waals surface area contributed by atoms with Crippen LogP contribution in [-0.2, 0) is 12.7 Å². The van der Waals surface area contributed by atoms with Gasteiger partial charge in [-0.25, -0.2) is 15.0 Å². The summed E-state index contributed by atoms with van der Waals surface area (Å²) in [5.41, 5.74) is -1.11. The van der Waals surface area contributed by atoms with Gasteiger partial charge in [0.25, 0.3) is 11.8 Å². The Labute approximate surface area is 222 Å². The summed E-state index contributed by atoms with van der Waals surface area (Å²) in [5, 5.41) is 8.63. The molecule has 0 bridgehead atoms. The van der Waals surface area contributed by atoms with Crippen molar-refractivity contribution in [2.75, 3.05) is 24.7 Å². The number of anilines is 1. The summed E-state index contributed by atoms with van der Waals surface area (Å²) >= 11 is 14.3. The molecule has 15 heteroatoms. The Morgan fingerprint density at radius 1 is 1.14 bits per heavy atom. The zero-order valence-electron chi connectivity index (χ0n) is 18.6. The number of hydrogen-bond acceptors (Lipinski definition) is 8. The Hall–Kier alpha value is -2.45. The van der Waals surface area contributed by atoms with E-state index in [9.17, 15) is 22.8 Å². The van der Waals surface area contributed by atoms with Crippen molar-refractivity contribution in [3.05, 3.63) is 61.9 Å². The van der Waals surface area contributed by atoms with Gasteiger partial charge in [-0.3, -0.25) is 9.59 Å². The average molecular weight is 579 g/mol. The molecule has 3 rings (SSSR count). The predicted molar refractivity (Wildman–Crippen MR) is 134 cm³/mol. The molecule has 0 aliphatic heterocycles. The molecule has 2 aromatic heterocycles. The molecule has 0 saturated carbocycles. The third-order valence-electron chi connectivity index (χ3n) is 4.49. The predicted octanol–water partition coefficient (Wildman–Crippen LogP) is 5.14. The van der Waals surface area contributed by atoms with Gasteiger partial charge in [0.2, 0.25) is 0 Å². The summed E-state index contributed by atoms with van der Waals surface area (Å²) in [7, 11) is 1.86. The molecule has 0 unspecified atom stereocenters. The van der Waals surface area contributed by atoms with Gasteiger partial charge in [-0.15, -0.1) is 23.1 Å². The van der Waals surface area contributed by atoms with Crippen molar-refractivity contribution in [3.63, 3.8) is 0 Å². The highest BCUT2D eigenvalue weighted by molar-refractivity contribution is 7.99. The quantitative estimate of drug-likeness (QED) is 0.173. The second-order valence-corrected chi connectivity index (χ2v) is 10.1. The van der Waals surface area contributed by atoms with Crippen LogP contribution in [0.4, 0.5) is 18.9 Å². The van der Waals surface area contributed by atoms with Crippen molar-refractivity contribution in [2.45, 2.75) is 24.2 Å². The lowest BCUT2D eigenvalue weighted by Gasteiger charge is -2.11. The van der Waals surface area contributed by atoms with Crippen molar-refractivity contribution in [1.82, 2.24) is 25.6 Å². The van der Waals surface area contributed by atoms with Crippen LogP contribution < -0.4 is 16.0 Å². The highest BCUT2D eigenvalue weighted by atomic mass is 35.5. The molecule has 0 aliphatic rings. The number of carbonyl (C=O) groups is 2. The van der Waals surface area contributed by atoms with Gasteiger partial charge in [0.15, 0.2) is 5.69 Å². The minimum absolute atomic E-state index is 0.0130. The first-order chi connectivity index (χ1) is 17.1. The summed E-state index contributed by atoms with van der Waals surface area (Å²) in [6.45, 7) is 0.825. The minimum atomic E-state index is -4.66. The number of carbonyl (C=O) groups excluding carboxylic acids is 2. The molecule has 36 heavy (non-hydrogen) atoms. The lowest BCUT2D eigenvalue weighted by Crippen LogP contribution is -2.24. The standard InChI is InChI=1S/C21H19Cl2F3N6O2S2/c1-27-5-2-6-35-20-16(23)17(30-10-31-20)19(34)29-9-15-28-8-14(36-15)18(33)32-11-3-4-13(22)12(7-11)21(24,25)26/h3-4,7-8,10,27H,2,5-6,9H2,1H3,(H,29,34)(H,32,33). The number of rotatable bonds is 10. The lowest BCUT2D eigenvalue weighted by molar-refractivity contribution is -0.137. The van der Waals surface area contributed by atoms with Crippen molar-refractivity contribution in [1.29, 1.82) is 0 Å². The molecule has 0 saturated heterocycles. The number of halogens is 5. The van der Waals surface area contributed by atoms with E-state index in [2.05, 4.69) is 30.9 Å². The van der Waals surface area contributed by atoms with Gasteiger partial charge in [0.1, 0.15) is 26.3 Å². The fourth-order valence-corrected chi connectivity index (χ4v) is 4.93. The molecule has 0 atom stereocenters. The molecule has 2 heterocycles. The maximum atomic E-state index is 13.0. The van der Waals surface area contributed by atoms with Crippen LogP contribution in [-0.4, -0.2) is 46.1 Å². The highest BCUT2D eigenvalue weighted by Gasteiger charge is 2.33. The number of hydrogen-bond donors (Lipinski definition) is 3. The molecule has 3 N–H and O–H groups in total. The Kier molecular flexibility index (Phi) is 9.91. The SMILES string of the molecule is CNCCCSc1ncnc(C(=O)NCc2ncc(C(=O)Nc3ccc(Cl)c(C(F)(F)F)c3)s2)c1Cl. The monoisotopic (exact) mass is 578 g/mol. The molecule has 0 radical (unpaired) electrons. The zero-order chi connectivity index (χ0) is 26.3. The van der Waals surface area contributed by atoms with Crippen LogP contribution >= 0.6 is 46.3 Å². The number of benzene rings is 1. The first-order valence-corrected chi connectivity index (χ1v) is 12.8. The minimum Gasteiger partial charge on any atom is -0.344 e. The van der Waals surface area contributed by atoms with Crippen LogP contribution in [0.1, 0.15) is 37.2 Å². The van der Waals surface area contributed by atoms with Gasteiger partial charge in [-0.1, -0.05) is 23.2 Å². The van der Waals surface area contributed by atoms with E-state index in [1.54, 1.807) is 0 Å². The van der Waals surface area contributed by atoms with E-state index in [1.165, 1.54) is 30.4 Å². The van der Waals surface area contributed by atoms with Crippen LogP contribution in [0, 0.1) is 0 Å². The van der Waals surface area contributed by atoms with Gasteiger partial charge >= 0.3 is 6.18 Å². The Bertz CT molecular complexity index is 1240. The Balaban J connectivity index is 1.59. The van der Waals surface area contributed by atoms with E-state index >= 15 is 0 Å². The summed E-state index contributed by atoms with van der Waals surface area (Å²) in [4.78, 5) is 37.3. The number of thiazole rings is 1. The first kappa shape index (κ1) is 28.1. The Morgan fingerprint density at radius 2 is 1.92 bits per heavy atom. The van der Waals surface area contributed by atoms with Crippen LogP contribution in [0.2, 0.25) is 10.0 Å². The second-order valence-electron chi connectivity index (χ2n) is 7.09. The zero-order valence-corrected chi connectivity index (χ0v) is 21.7. The van der Waals surface area contributed by atoms with Crippen molar-refractivity contribution >= 4 is 63.8 Å². The highest BCUT2D eigenvalue weighted by Crippen LogP contribution is 2.36. The van der Waals surface area contributed by atoms with Crippen LogP contribution in [0.5, 0.6) is 0 Å². The maximum Gasteiger partial charge on any atom is 0.417 e. The van der Waals surface area contributed by atoms with E-state index in [0.29, 0.717) is 10.0 Å². The molecular formula is C21H19Cl2F3N6O2S2. The number of nitrogens with one attached hydrogen (secondary N) is 3. The largest absolute Gasteiger partial charge is 0.417 e. The smallest absolute Gasteiger partial charge is 0.344 e. The van der Waals surface area contributed by atoms with Crippen LogP contribution in [0.3, 0.4) is 0 Å². The molecular weight excluding hydrogens is 560 g/mol. The van der Waals surface area contributed by atoms with Crippen LogP contribution in [0.25, 0.3) is 0 Å². The van der Waals surface area contributed by atoms with Gasteiger partial charge in [-0.2, -0.15) is 13.2 Å². The fraction of sp³-hybridized carbons (Fsp3) is 0.286. The van der Waals surface area contributed by atoms with Crippen molar-refractivity contribution in [2.24, 2.45) is 0 Å².